The van der Waals surface area contributed by atoms with Crippen molar-refractivity contribution in [1.29, 1.82) is 0 Å². The van der Waals surface area contributed by atoms with Crippen LogP contribution >= 0.6 is 0 Å². The fourth-order valence-electron chi connectivity index (χ4n) is 2.14. The molecule has 0 radical (unpaired) electrons. The second-order valence-electron chi connectivity index (χ2n) is 5.46. The number of rotatable bonds is 10. The van der Waals surface area contributed by atoms with Gasteiger partial charge < -0.3 is 10.4 Å². The molecule has 6 heteroatoms. The van der Waals surface area contributed by atoms with Crippen molar-refractivity contribution >= 4 is 15.7 Å². The molecule has 0 heterocycles. The molecule has 0 atom stereocenters. The number of aliphatic hydroxyl groups excluding tert-OH is 1. The van der Waals surface area contributed by atoms with Crippen LogP contribution in [0, 0.1) is 0 Å². The molecule has 0 spiro atoms. The smallest absolute Gasteiger partial charge is 0.242 e. The SMILES string of the molecule is O=S(=O)(NC1CC1)c1ccccc1NCCCCCCO. The minimum Gasteiger partial charge on any atom is -0.396 e. The van der Waals surface area contributed by atoms with E-state index in [4.69, 9.17) is 5.11 Å². The number of unbranched alkanes of at least 4 members (excludes halogenated alkanes) is 3. The van der Waals surface area contributed by atoms with Gasteiger partial charge in [0.2, 0.25) is 10.0 Å². The van der Waals surface area contributed by atoms with Crippen LogP contribution in [-0.4, -0.2) is 32.7 Å². The van der Waals surface area contributed by atoms with Gasteiger partial charge >= 0.3 is 0 Å². The van der Waals surface area contributed by atoms with Crippen LogP contribution in [0.4, 0.5) is 5.69 Å². The molecule has 0 unspecified atom stereocenters. The second-order valence-corrected chi connectivity index (χ2v) is 7.14. The Morgan fingerprint density at radius 1 is 1.10 bits per heavy atom. The van der Waals surface area contributed by atoms with Crippen molar-refractivity contribution in [2.24, 2.45) is 0 Å². The van der Waals surface area contributed by atoms with Crippen molar-refractivity contribution in [3.8, 4) is 0 Å². The van der Waals surface area contributed by atoms with E-state index < -0.39 is 10.0 Å². The van der Waals surface area contributed by atoms with Crippen LogP contribution in [-0.2, 0) is 10.0 Å². The summed E-state index contributed by atoms with van der Waals surface area (Å²) in [6.07, 6.45) is 5.68. The average molecular weight is 312 g/mol. The first-order chi connectivity index (χ1) is 10.1. The molecule has 1 aromatic rings. The third-order valence-electron chi connectivity index (χ3n) is 3.48. The number of aliphatic hydroxyl groups is 1. The van der Waals surface area contributed by atoms with E-state index in [0.717, 1.165) is 45.1 Å². The van der Waals surface area contributed by atoms with Gasteiger partial charge in [0, 0.05) is 19.2 Å². The van der Waals surface area contributed by atoms with Crippen molar-refractivity contribution in [3.05, 3.63) is 24.3 Å². The standard InChI is InChI=1S/C15H24N2O3S/c18-12-6-2-1-5-11-16-14-7-3-4-8-15(14)21(19,20)17-13-9-10-13/h3-4,7-8,13,16-18H,1-2,5-6,9-12H2. The summed E-state index contributed by atoms with van der Waals surface area (Å²) in [4.78, 5) is 0.326. The van der Waals surface area contributed by atoms with E-state index in [1.54, 1.807) is 18.2 Å². The summed E-state index contributed by atoms with van der Waals surface area (Å²) in [5.74, 6) is 0. The van der Waals surface area contributed by atoms with E-state index in [0.29, 0.717) is 10.6 Å². The Bertz CT molecular complexity index is 542. The molecule has 21 heavy (non-hydrogen) atoms. The van der Waals surface area contributed by atoms with E-state index in [1.807, 2.05) is 6.07 Å². The molecular formula is C15H24N2O3S. The quantitative estimate of drug-likeness (QED) is 0.578. The number of nitrogens with one attached hydrogen (secondary N) is 2. The van der Waals surface area contributed by atoms with Crippen LogP contribution in [0.3, 0.4) is 0 Å². The lowest BCUT2D eigenvalue weighted by Crippen LogP contribution is -2.26. The first-order valence-corrected chi connectivity index (χ1v) is 9.08. The topological polar surface area (TPSA) is 78.4 Å². The summed E-state index contributed by atoms with van der Waals surface area (Å²) in [6, 6.07) is 7.13. The van der Waals surface area contributed by atoms with E-state index >= 15 is 0 Å². The number of para-hydroxylation sites is 1. The summed E-state index contributed by atoms with van der Waals surface area (Å²) >= 11 is 0. The van der Waals surface area contributed by atoms with Gasteiger partial charge in [-0.05, 0) is 37.8 Å². The Balaban J connectivity index is 1.90. The van der Waals surface area contributed by atoms with Gasteiger partial charge in [-0.15, -0.1) is 0 Å². The predicted octanol–water partition coefficient (Wildman–Crippen LogP) is 2.09. The molecule has 0 aromatic heterocycles. The van der Waals surface area contributed by atoms with Gasteiger partial charge in [0.1, 0.15) is 4.90 Å². The fraction of sp³-hybridized carbons (Fsp3) is 0.600. The van der Waals surface area contributed by atoms with Crippen LogP contribution in [0.25, 0.3) is 0 Å². The van der Waals surface area contributed by atoms with Crippen molar-refractivity contribution in [2.45, 2.75) is 49.5 Å². The molecule has 1 fully saturated rings. The number of sulfonamides is 1. The van der Waals surface area contributed by atoms with Gasteiger partial charge in [0.15, 0.2) is 0 Å². The van der Waals surface area contributed by atoms with Crippen molar-refractivity contribution < 1.29 is 13.5 Å². The number of hydrogen-bond donors (Lipinski definition) is 3. The van der Waals surface area contributed by atoms with E-state index in [2.05, 4.69) is 10.0 Å². The maximum atomic E-state index is 12.3. The largest absolute Gasteiger partial charge is 0.396 e. The lowest BCUT2D eigenvalue weighted by Gasteiger charge is -2.13. The summed E-state index contributed by atoms with van der Waals surface area (Å²) < 4.78 is 27.3. The van der Waals surface area contributed by atoms with Crippen LogP contribution < -0.4 is 10.0 Å². The molecule has 0 aliphatic heterocycles. The van der Waals surface area contributed by atoms with E-state index in [1.165, 1.54) is 0 Å². The first-order valence-electron chi connectivity index (χ1n) is 7.59. The van der Waals surface area contributed by atoms with Gasteiger partial charge in [-0.25, -0.2) is 13.1 Å². The van der Waals surface area contributed by atoms with Crippen molar-refractivity contribution in [2.75, 3.05) is 18.5 Å². The van der Waals surface area contributed by atoms with Crippen LogP contribution in [0.5, 0.6) is 0 Å². The second kappa shape index (κ2) is 7.77. The third kappa shape index (κ3) is 5.30. The summed E-state index contributed by atoms with van der Waals surface area (Å²) in [5, 5.41) is 11.9. The van der Waals surface area contributed by atoms with Gasteiger partial charge in [-0.2, -0.15) is 0 Å². The van der Waals surface area contributed by atoms with Crippen LogP contribution in [0.15, 0.2) is 29.2 Å². The van der Waals surface area contributed by atoms with E-state index in [9.17, 15) is 8.42 Å². The zero-order chi connectivity index (χ0) is 15.1. The summed E-state index contributed by atoms with van der Waals surface area (Å²) in [7, 11) is -3.42. The average Bonchev–Trinajstić information content (AvgIpc) is 3.26. The van der Waals surface area contributed by atoms with Gasteiger partial charge in [0.05, 0.1) is 5.69 Å². The number of anilines is 1. The normalized spacial score (nSPS) is 15.1. The molecule has 0 saturated heterocycles. The van der Waals surface area contributed by atoms with Gasteiger partial charge in [-0.1, -0.05) is 25.0 Å². The molecule has 3 N–H and O–H groups in total. The molecule has 0 amide bonds. The Morgan fingerprint density at radius 3 is 2.52 bits per heavy atom. The molecule has 118 valence electrons. The Morgan fingerprint density at radius 2 is 1.81 bits per heavy atom. The Kier molecular flexibility index (Phi) is 6.02. The highest BCUT2D eigenvalue weighted by Crippen LogP contribution is 2.25. The minimum absolute atomic E-state index is 0.113. The highest BCUT2D eigenvalue weighted by molar-refractivity contribution is 7.89. The summed E-state index contributed by atoms with van der Waals surface area (Å²) in [5.41, 5.74) is 0.660. The molecular weight excluding hydrogens is 288 g/mol. The maximum Gasteiger partial charge on any atom is 0.242 e. The lowest BCUT2D eigenvalue weighted by atomic mass is 10.2. The van der Waals surface area contributed by atoms with Crippen LogP contribution in [0.1, 0.15) is 38.5 Å². The third-order valence-corrected chi connectivity index (χ3v) is 5.05. The zero-order valence-corrected chi connectivity index (χ0v) is 13.0. The predicted molar refractivity (Wildman–Crippen MR) is 83.8 cm³/mol. The van der Waals surface area contributed by atoms with E-state index in [-0.39, 0.29) is 12.6 Å². The minimum atomic E-state index is -3.42. The molecule has 5 nitrogen and oxygen atoms in total. The molecule has 1 aromatic carbocycles. The molecule has 1 aliphatic carbocycles. The van der Waals surface area contributed by atoms with Gasteiger partial charge in [-0.3, -0.25) is 0 Å². The van der Waals surface area contributed by atoms with Crippen molar-refractivity contribution in [1.82, 2.24) is 4.72 Å². The highest BCUT2D eigenvalue weighted by Gasteiger charge is 2.29. The number of benzene rings is 1. The highest BCUT2D eigenvalue weighted by atomic mass is 32.2. The van der Waals surface area contributed by atoms with Crippen LogP contribution in [0.2, 0.25) is 0 Å². The maximum absolute atomic E-state index is 12.3. The number of hydrogen-bond acceptors (Lipinski definition) is 4. The van der Waals surface area contributed by atoms with Gasteiger partial charge in [0.25, 0.3) is 0 Å². The lowest BCUT2D eigenvalue weighted by molar-refractivity contribution is 0.283. The zero-order valence-electron chi connectivity index (χ0n) is 12.2. The molecule has 0 bridgehead atoms. The Labute approximate surface area is 126 Å². The molecule has 1 aliphatic rings. The summed E-state index contributed by atoms with van der Waals surface area (Å²) in [6.45, 7) is 0.975. The van der Waals surface area contributed by atoms with Crippen molar-refractivity contribution in [3.63, 3.8) is 0 Å². The first kappa shape index (κ1) is 16.3. The molecule has 2 rings (SSSR count). The fourth-order valence-corrected chi connectivity index (χ4v) is 3.63. The Hall–Kier alpha value is -1.11. The molecule has 1 saturated carbocycles. The monoisotopic (exact) mass is 312 g/mol.